The highest BCUT2D eigenvalue weighted by molar-refractivity contribution is 6.06. The van der Waals surface area contributed by atoms with Gasteiger partial charge >= 0.3 is 0 Å². The van der Waals surface area contributed by atoms with E-state index in [-0.39, 0.29) is 18.5 Å². The molecule has 0 radical (unpaired) electrons. The molecule has 1 aromatic heterocycles. The zero-order chi connectivity index (χ0) is 21.2. The van der Waals surface area contributed by atoms with Gasteiger partial charge in [-0.3, -0.25) is 4.90 Å². The van der Waals surface area contributed by atoms with Crippen LogP contribution in [0.1, 0.15) is 17.2 Å². The zero-order valence-corrected chi connectivity index (χ0v) is 17.0. The number of hydrazine groups is 2. The Kier molecular flexibility index (Phi) is 5.46. The molecule has 160 valence electrons. The fourth-order valence-electron chi connectivity index (χ4n) is 4.24. The minimum atomic E-state index is -0.273. The average Bonchev–Trinajstić information content (AvgIpc) is 3.21. The summed E-state index contributed by atoms with van der Waals surface area (Å²) in [5.74, 6) is 0.548. The molecule has 1 N–H and O–H groups in total. The first-order chi connectivity index (χ1) is 15.2. The van der Waals surface area contributed by atoms with Crippen LogP contribution in [0.5, 0.6) is 0 Å². The number of aliphatic hydroxyl groups excluding tert-OH is 1. The van der Waals surface area contributed by atoms with Crippen LogP contribution >= 0.6 is 0 Å². The number of aliphatic hydroxyl groups is 1. The van der Waals surface area contributed by atoms with E-state index in [1.54, 1.807) is 24.5 Å². The van der Waals surface area contributed by atoms with E-state index in [9.17, 15) is 9.50 Å². The molecule has 1 saturated heterocycles. The van der Waals surface area contributed by atoms with Crippen molar-refractivity contribution in [2.24, 2.45) is 4.99 Å². The lowest BCUT2D eigenvalue weighted by Gasteiger charge is -2.47. The third kappa shape index (κ3) is 3.83. The van der Waals surface area contributed by atoms with E-state index in [1.165, 1.54) is 12.1 Å². The molecular formula is C22H24FN7O. The highest BCUT2D eigenvalue weighted by Crippen LogP contribution is 2.39. The quantitative estimate of drug-likeness (QED) is 0.786. The van der Waals surface area contributed by atoms with Gasteiger partial charge < -0.3 is 5.11 Å². The van der Waals surface area contributed by atoms with E-state index in [4.69, 9.17) is 4.99 Å². The maximum atomic E-state index is 13.6. The minimum absolute atomic E-state index is 0.175. The van der Waals surface area contributed by atoms with Gasteiger partial charge in [0, 0.05) is 50.7 Å². The summed E-state index contributed by atoms with van der Waals surface area (Å²) >= 11 is 0. The third-order valence-corrected chi connectivity index (χ3v) is 5.78. The van der Waals surface area contributed by atoms with Crippen LogP contribution in [0, 0.1) is 5.82 Å². The molecule has 4 heterocycles. The van der Waals surface area contributed by atoms with Gasteiger partial charge in [-0.05, 0) is 35.9 Å². The van der Waals surface area contributed by atoms with Gasteiger partial charge in [-0.15, -0.1) is 0 Å². The number of hydrogen-bond acceptors (Lipinski definition) is 8. The normalized spacial score (nSPS) is 21.8. The summed E-state index contributed by atoms with van der Waals surface area (Å²) in [5.41, 5.74) is 2.67. The summed E-state index contributed by atoms with van der Waals surface area (Å²) in [7, 11) is 0. The lowest BCUT2D eigenvalue weighted by molar-refractivity contribution is -0.152. The number of rotatable bonds is 5. The van der Waals surface area contributed by atoms with E-state index in [0.717, 1.165) is 48.8 Å². The molecule has 1 fully saturated rings. The number of aromatic nitrogens is 2. The van der Waals surface area contributed by atoms with Gasteiger partial charge in [0.2, 0.25) is 0 Å². The topological polar surface area (TPSA) is 71.3 Å². The Morgan fingerprint density at radius 2 is 1.84 bits per heavy atom. The maximum Gasteiger partial charge on any atom is 0.149 e. The van der Waals surface area contributed by atoms with Gasteiger partial charge in [0.25, 0.3) is 0 Å². The summed E-state index contributed by atoms with van der Waals surface area (Å²) in [6.07, 6.45) is 9.44. The summed E-state index contributed by atoms with van der Waals surface area (Å²) in [4.78, 5) is 7.19. The Hall–Kier alpha value is -3.14. The van der Waals surface area contributed by atoms with Crippen molar-refractivity contribution in [2.45, 2.75) is 6.04 Å². The number of aliphatic imine (C=N–C) groups is 1. The van der Waals surface area contributed by atoms with E-state index in [1.807, 2.05) is 24.4 Å². The van der Waals surface area contributed by atoms with Gasteiger partial charge in [-0.25, -0.2) is 19.5 Å². The van der Waals surface area contributed by atoms with Crippen molar-refractivity contribution in [3.63, 3.8) is 0 Å². The summed E-state index contributed by atoms with van der Waals surface area (Å²) in [5, 5.41) is 23.8. The van der Waals surface area contributed by atoms with E-state index >= 15 is 0 Å². The van der Waals surface area contributed by atoms with Crippen LogP contribution < -0.4 is 0 Å². The Morgan fingerprint density at radius 1 is 1.03 bits per heavy atom. The van der Waals surface area contributed by atoms with Gasteiger partial charge in [-0.2, -0.15) is 15.2 Å². The van der Waals surface area contributed by atoms with Crippen molar-refractivity contribution in [1.29, 1.82) is 0 Å². The van der Waals surface area contributed by atoms with E-state index in [2.05, 4.69) is 30.2 Å². The number of benzene rings is 1. The molecule has 0 bridgehead atoms. The first kappa shape index (κ1) is 19.8. The minimum Gasteiger partial charge on any atom is -0.395 e. The van der Waals surface area contributed by atoms with Gasteiger partial charge in [0.1, 0.15) is 17.7 Å². The van der Waals surface area contributed by atoms with Crippen LogP contribution in [-0.2, 0) is 0 Å². The molecule has 1 unspecified atom stereocenters. The van der Waals surface area contributed by atoms with Crippen LogP contribution in [0.4, 0.5) is 4.39 Å². The fraction of sp³-hybridized carbons (Fsp3) is 0.318. The number of piperazine rings is 1. The summed E-state index contributed by atoms with van der Waals surface area (Å²) in [6, 6.07) is 8.17. The molecule has 31 heavy (non-hydrogen) atoms. The van der Waals surface area contributed by atoms with Crippen LogP contribution in [0.25, 0.3) is 0 Å². The van der Waals surface area contributed by atoms with Crippen LogP contribution in [0.15, 0.2) is 71.9 Å². The van der Waals surface area contributed by atoms with E-state index in [0.29, 0.717) is 6.54 Å². The largest absolute Gasteiger partial charge is 0.395 e. The van der Waals surface area contributed by atoms with Crippen LogP contribution in [0.2, 0.25) is 0 Å². The third-order valence-electron chi connectivity index (χ3n) is 5.78. The standard InChI is InChI=1S/C22H24FN7O/c23-19-5-3-17(4-6-19)21-22(18-7-8-24-25-16-18)30-20(26-21)2-1-9-29(30)28-12-10-27(11-13-28)14-15-31/h1-9,16,22,31H,10-15H2. The molecule has 3 aliphatic heterocycles. The number of β-amino-alcohol motifs (C(OH)–C–C–N with tert-alkyl or cyclic N) is 1. The van der Waals surface area contributed by atoms with Crippen LogP contribution in [0.3, 0.4) is 0 Å². The first-order valence-electron chi connectivity index (χ1n) is 10.4. The molecule has 9 heteroatoms. The number of nitrogens with zero attached hydrogens (tertiary/aromatic N) is 7. The van der Waals surface area contributed by atoms with Crippen molar-refractivity contribution in [3.8, 4) is 0 Å². The summed E-state index contributed by atoms with van der Waals surface area (Å²) in [6.45, 7) is 4.30. The Labute approximate surface area is 180 Å². The zero-order valence-electron chi connectivity index (χ0n) is 17.0. The second kappa shape index (κ2) is 8.54. The molecule has 5 rings (SSSR count). The van der Waals surface area contributed by atoms with Gasteiger partial charge in [-0.1, -0.05) is 12.1 Å². The lowest BCUT2D eigenvalue weighted by Crippen LogP contribution is -2.57. The molecule has 0 spiro atoms. The average molecular weight is 421 g/mol. The van der Waals surface area contributed by atoms with Crippen molar-refractivity contribution >= 4 is 5.71 Å². The second-order valence-corrected chi connectivity index (χ2v) is 7.63. The molecule has 1 aromatic carbocycles. The predicted molar refractivity (Wildman–Crippen MR) is 114 cm³/mol. The Balaban J connectivity index is 1.48. The SMILES string of the molecule is OCCN1CCN(N2C=CC=C3N=C(c4ccc(F)cc4)C(c4ccnnc4)N32)CC1. The molecule has 1 atom stereocenters. The molecule has 0 aliphatic carbocycles. The molecule has 8 nitrogen and oxygen atoms in total. The molecular weight excluding hydrogens is 397 g/mol. The monoisotopic (exact) mass is 421 g/mol. The second-order valence-electron chi connectivity index (χ2n) is 7.63. The van der Waals surface area contributed by atoms with Gasteiger partial charge in [0.05, 0.1) is 18.5 Å². The van der Waals surface area contributed by atoms with Crippen molar-refractivity contribution in [2.75, 3.05) is 39.3 Å². The van der Waals surface area contributed by atoms with E-state index < -0.39 is 0 Å². The molecule has 2 aromatic rings. The molecule has 0 amide bonds. The number of hydrogen-bond donors (Lipinski definition) is 1. The number of halogens is 1. The highest BCUT2D eigenvalue weighted by Gasteiger charge is 2.40. The maximum absolute atomic E-state index is 13.6. The Morgan fingerprint density at radius 3 is 2.55 bits per heavy atom. The lowest BCUT2D eigenvalue weighted by atomic mass is 9.98. The highest BCUT2D eigenvalue weighted by atomic mass is 19.1. The summed E-state index contributed by atoms with van der Waals surface area (Å²) < 4.78 is 13.6. The molecule has 0 saturated carbocycles. The van der Waals surface area contributed by atoms with Crippen molar-refractivity contribution in [3.05, 3.63) is 83.8 Å². The molecule has 3 aliphatic rings. The number of allylic oxidation sites excluding steroid dienone is 2. The predicted octanol–water partition coefficient (Wildman–Crippen LogP) is 1.57. The fourth-order valence-corrected chi connectivity index (χ4v) is 4.24. The smallest absolute Gasteiger partial charge is 0.149 e. The van der Waals surface area contributed by atoms with Crippen molar-refractivity contribution < 1.29 is 9.50 Å². The van der Waals surface area contributed by atoms with Crippen LogP contribution in [-0.4, -0.2) is 80.4 Å². The van der Waals surface area contributed by atoms with Crippen molar-refractivity contribution in [1.82, 2.24) is 30.2 Å². The first-order valence-corrected chi connectivity index (χ1v) is 10.4. The number of fused-ring (bicyclic) bond motifs is 1. The Bertz CT molecular complexity index is 1000. The van der Waals surface area contributed by atoms with Gasteiger partial charge in [0.15, 0.2) is 0 Å².